The third-order valence-electron chi connectivity index (χ3n) is 6.18. The Morgan fingerprint density at radius 1 is 1.14 bits per heavy atom. The number of carbonyl (C=O) groups excluding carboxylic acids is 3. The molecular formula is C25H29ClN4O5. The molecule has 0 saturated carbocycles. The Morgan fingerprint density at radius 2 is 1.94 bits per heavy atom. The first-order valence-corrected chi connectivity index (χ1v) is 12.0. The molecular weight excluding hydrogens is 472 g/mol. The fraction of sp³-hybridized carbons (Fsp3) is 0.400. The summed E-state index contributed by atoms with van der Waals surface area (Å²) >= 11 is 6.10. The number of benzene rings is 2. The number of likely N-dealkylation sites (N-methyl/N-ethyl adjacent to an activating group) is 1. The first-order valence-electron chi connectivity index (χ1n) is 11.6. The summed E-state index contributed by atoms with van der Waals surface area (Å²) in [4.78, 5) is 39.4. The van der Waals surface area contributed by atoms with Gasteiger partial charge in [0.15, 0.2) is 0 Å². The molecule has 1 fully saturated rings. The zero-order valence-electron chi connectivity index (χ0n) is 19.7. The summed E-state index contributed by atoms with van der Waals surface area (Å²) in [6.07, 6.45) is 1.11. The molecule has 3 atom stereocenters. The number of halogens is 1. The fourth-order valence-corrected chi connectivity index (χ4v) is 4.61. The predicted octanol–water partition coefficient (Wildman–Crippen LogP) is 3.89. The van der Waals surface area contributed by atoms with Gasteiger partial charge in [0.1, 0.15) is 18.5 Å². The average Bonchev–Trinajstić information content (AvgIpc) is 2.83. The Kier molecular flexibility index (Phi) is 7.77. The van der Waals surface area contributed by atoms with Gasteiger partial charge >= 0.3 is 6.03 Å². The van der Waals surface area contributed by atoms with Crippen LogP contribution in [-0.4, -0.2) is 61.2 Å². The van der Waals surface area contributed by atoms with Crippen molar-refractivity contribution in [3.8, 4) is 5.75 Å². The topological polar surface area (TPSA) is 109 Å². The van der Waals surface area contributed by atoms with Crippen LogP contribution in [0.3, 0.4) is 0 Å². The normalized spacial score (nSPS) is 21.5. The van der Waals surface area contributed by atoms with Gasteiger partial charge < -0.3 is 30.3 Å². The van der Waals surface area contributed by atoms with Crippen molar-refractivity contribution in [2.24, 2.45) is 0 Å². The van der Waals surface area contributed by atoms with Gasteiger partial charge in [0, 0.05) is 19.3 Å². The van der Waals surface area contributed by atoms with E-state index in [9.17, 15) is 14.4 Å². The highest BCUT2D eigenvalue weighted by atomic mass is 35.5. The highest BCUT2D eigenvalue weighted by molar-refractivity contribution is 6.33. The number of nitrogens with one attached hydrogen (secondary N) is 3. The molecule has 0 spiro atoms. The van der Waals surface area contributed by atoms with Crippen LogP contribution < -0.4 is 20.7 Å². The SMILES string of the molecule is CCNC(=O)C[C@H]1CC[C@@H]2[C@H](COc3ccc(NC(=O)Nc4ccccc4Cl)cc3C(=O)N2C)O1. The van der Waals surface area contributed by atoms with Crippen LogP contribution in [0.5, 0.6) is 5.75 Å². The van der Waals surface area contributed by atoms with Gasteiger partial charge in [-0.25, -0.2) is 4.79 Å². The summed E-state index contributed by atoms with van der Waals surface area (Å²) in [5, 5.41) is 8.64. The van der Waals surface area contributed by atoms with E-state index in [2.05, 4.69) is 16.0 Å². The van der Waals surface area contributed by atoms with Crippen molar-refractivity contribution in [3.05, 3.63) is 53.1 Å². The van der Waals surface area contributed by atoms with Gasteiger partial charge in [-0.3, -0.25) is 9.59 Å². The Labute approximate surface area is 209 Å². The molecule has 4 amide bonds. The maximum atomic E-state index is 13.3. The molecule has 10 heteroatoms. The summed E-state index contributed by atoms with van der Waals surface area (Å²) < 4.78 is 12.1. The number of urea groups is 1. The second-order valence-corrected chi connectivity index (χ2v) is 9.00. The van der Waals surface area contributed by atoms with Gasteiger partial charge in [-0.05, 0) is 50.1 Å². The summed E-state index contributed by atoms with van der Waals surface area (Å²) in [5.41, 5.74) is 1.27. The number of rotatable bonds is 5. The van der Waals surface area contributed by atoms with E-state index in [0.29, 0.717) is 47.1 Å². The highest BCUT2D eigenvalue weighted by Gasteiger charge is 2.39. The van der Waals surface area contributed by atoms with Crippen LogP contribution in [0.25, 0.3) is 0 Å². The summed E-state index contributed by atoms with van der Waals surface area (Å²) in [7, 11) is 1.74. The largest absolute Gasteiger partial charge is 0.490 e. The minimum absolute atomic E-state index is 0.0453. The van der Waals surface area contributed by atoms with Crippen LogP contribution in [0.1, 0.15) is 36.5 Å². The highest BCUT2D eigenvalue weighted by Crippen LogP contribution is 2.32. The molecule has 0 bridgehead atoms. The van der Waals surface area contributed by atoms with E-state index in [1.807, 2.05) is 6.92 Å². The molecule has 2 aromatic carbocycles. The molecule has 1 saturated heterocycles. The molecule has 186 valence electrons. The minimum Gasteiger partial charge on any atom is -0.490 e. The lowest BCUT2D eigenvalue weighted by Crippen LogP contribution is -2.54. The van der Waals surface area contributed by atoms with E-state index in [0.717, 1.165) is 0 Å². The second kappa shape index (κ2) is 11.0. The van der Waals surface area contributed by atoms with Crippen molar-refractivity contribution in [1.82, 2.24) is 10.2 Å². The molecule has 9 nitrogen and oxygen atoms in total. The third-order valence-corrected chi connectivity index (χ3v) is 6.51. The molecule has 0 unspecified atom stereocenters. The second-order valence-electron chi connectivity index (χ2n) is 8.60. The molecule has 0 radical (unpaired) electrons. The van der Waals surface area contributed by atoms with E-state index < -0.39 is 6.03 Å². The predicted molar refractivity (Wildman–Crippen MR) is 133 cm³/mol. The van der Waals surface area contributed by atoms with E-state index in [1.165, 1.54) is 0 Å². The maximum Gasteiger partial charge on any atom is 0.323 e. The first kappa shape index (κ1) is 24.8. The van der Waals surface area contributed by atoms with Gasteiger partial charge in [0.05, 0.1) is 34.8 Å². The fourth-order valence-electron chi connectivity index (χ4n) is 4.43. The summed E-state index contributed by atoms with van der Waals surface area (Å²) in [6, 6.07) is 11.2. The maximum absolute atomic E-state index is 13.3. The number of amides is 4. The molecule has 35 heavy (non-hydrogen) atoms. The summed E-state index contributed by atoms with van der Waals surface area (Å²) in [6.45, 7) is 2.71. The standard InChI is InChI=1S/C25H29ClN4O5/c1-3-27-23(31)13-16-9-10-20-22(35-16)14-34-21-11-8-15(12-17(21)24(32)30(20)2)28-25(33)29-19-7-5-4-6-18(19)26/h4-8,11-12,16,20,22H,3,9-10,13-14H2,1-2H3,(H,27,31)(H2,28,29,33)/t16-,20-,22+/m1/s1. The van der Waals surface area contributed by atoms with Crippen LogP contribution in [0.15, 0.2) is 42.5 Å². The van der Waals surface area contributed by atoms with Crippen molar-refractivity contribution in [2.45, 2.75) is 44.4 Å². The van der Waals surface area contributed by atoms with Crippen molar-refractivity contribution in [3.63, 3.8) is 0 Å². The number of anilines is 2. The van der Waals surface area contributed by atoms with E-state index in [4.69, 9.17) is 21.1 Å². The van der Waals surface area contributed by atoms with Gasteiger partial charge in [-0.15, -0.1) is 0 Å². The summed E-state index contributed by atoms with van der Waals surface area (Å²) in [5.74, 6) is 0.138. The zero-order chi connectivity index (χ0) is 24.9. The molecule has 2 heterocycles. The van der Waals surface area contributed by atoms with Crippen molar-refractivity contribution in [1.29, 1.82) is 0 Å². The minimum atomic E-state index is -0.482. The Balaban J connectivity index is 1.46. The number of hydrogen-bond acceptors (Lipinski definition) is 5. The van der Waals surface area contributed by atoms with Gasteiger partial charge in [-0.2, -0.15) is 0 Å². The number of para-hydroxylation sites is 1. The molecule has 2 aliphatic rings. The molecule has 4 rings (SSSR count). The molecule has 0 aromatic heterocycles. The monoisotopic (exact) mass is 500 g/mol. The van der Waals surface area contributed by atoms with Gasteiger partial charge in [0.2, 0.25) is 5.91 Å². The Hall–Kier alpha value is -3.30. The number of nitrogens with zero attached hydrogens (tertiary/aromatic N) is 1. The first-order chi connectivity index (χ1) is 16.9. The molecule has 2 aromatic rings. The van der Waals surface area contributed by atoms with Crippen LogP contribution in [-0.2, 0) is 9.53 Å². The van der Waals surface area contributed by atoms with Crippen LogP contribution in [0.2, 0.25) is 5.02 Å². The molecule has 0 aliphatic carbocycles. The Morgan fingerprint density at radius 3 is 2.71 bits per heavy atom. The number of fused-ring (bicyclic) bond motifs is 2. The van der Waals surface area contributed by atoms with Crippen molar-refractivity contribution in [2.75, 3.05) is 30.8 Å². The smallest absolute Gasteiger partial charge is 0.323 e. The van der Waals surface area contributed by atoms with Crippen LogP contribution >= 0.6 is 11.6 Å². The number of carbonyl (C=O) groups is 3. The zero-order valence-corrected chi connectivity index (χ0v) is 20.4. The van der Waals surface area contributed by atoms with Gasteiger partial charge in [0.25, 0.3) is 5.91 Å². The number of ether oxygens (including phenoxy) is 2. The lowest BCUT2D eigenvalue weighted by Gasteiger charge is -2.42. The number of hydrogen-bond donors (Lipinski definition) is 3. The Bertz CT molecular complexity index is 1110. The lowest BCUT2D eigenvalue weighted by atomic mass is 9.94. The molecule has 2 aliphatic heterocycles. The lowest BCUT2D eigenvalue weighted by molar-refractivity contribution is -0.133. The average molecular weight is 501 g/mol. The van der Waals surface area contributed by atoms with Crippen molar-refractivity contribution < 1.29 is 23.9 Å². The van der Waals surface area contributed by atoms with Crippen molar-refractivity contribution >= 4 is 40.8 Å². The van der Waals surface area contributed by atoms with E-state index in [-0.39, 0.29) is 43.1 Å². The van der Waals surface area contributed by atoms with Crippen LogP contribution in [0.4, 0.5) is 16.2 Å². The van der Waals surface area contributed by atoms with E-state index >= 15 is 0 Å². The quantitative estimate of drug-likeness (QED) is 0.577. The van der Waals surface area contributed by atoms with E-state index in [1.54, 1.807) is 54.4 Å². The third kappa shape index (κ3) is 5.86. The van der Waals surface area contributed by atoms with Crippen LogP contribution in [0, 0.1) is 0 Å². The molecule has 3 N–H and O–H groups in total. The van der Waals surface area contributed by atoms with Gasteiger partial charge in [-0.1, -0.05) is 23.7 Å².